The van der Waals surface area contributed by atoms with E-state index in [1.807, 2.05) is 18.3 Å². The van der Waals surface area contributed by atoms with Gasteiger partial charge in [-0.1, -0.05) is 11.3 Å². The third-order valence-electron chi connectivity index (χ3n) is 3.86. The van der Waals surface area contributed by atoms with Gasteiger partial charge in [-0.05, 0) is 12.1 Å². The molecular formula is C15H11N4S+. The maximum atomic E-state index is 7.96. The van der Waals surface area contributed by atoms with Crippen molar-refractivity contribution in [3.05, 3.63) is 42.5 Å². The van der Waals surface area contributed by atoms with Crippen molar-refractivity contribution in [3.8, 4) is 10.6 Å². The van der Waals surface area contributed by atoms with Crippen LogP contribution < -0.4 is 4.57 Å². The van der Waals surface area contributed by atoms with E-state index in [0.29, 0.717) is 12.1 Å². The molecule has 0 aromatic carbocycles. The molecule has 1 aliphatic heterocycles. The summed E-state index contributed by atoms with van der Waals surface area (Å²) in [5.41, 5.74) is 3.66. The van der Waals surface area contributed by atoms with Gasteiger partial charge < -0.3 is 0 Å². The molecule has 4 nitrogen and oxygen atoms in total. The van der Waals surface area contributed by atoms with Gasteiger partial charge in [-0.2, -0.15) is 0 Å². The zero-order valence-electron chi connectivity index (χ0n) is 13.4. The van der Waals surface area contributed by atoms with E-state index >= 15 is 0 Å². The van der Waals surface area contributed by atoms with Gasteiger partial charge in [-0.15, -0.1) is 0 Å². The Hall–Kier alpha value is -2.27. The Morgan fingerprint density at radius 2 is 2.20 bits per heavy atom. The summed E-state index contributed by atoms with van der Waals surface area (Å²) in [7, 11) is 0. The maximum absolute atomic E-state index is 7.96. The van der Waals surface area contributed by atoms with Crippen molar-refractivity contribution in [2.75, 3.05) is 0 Å². The number of fused-ring (bicyclic) bond motifs is 7. The van der Waals surface area contributed by atoms with Crippen molar-refractivity contribution in [3.63, 3.8) is 0 Å². The van der Waals surface area contributed by atoms with Crippen molar-refractivity contribution in [1.29, 1.82) is 0 Å². The molecule has 0 aliphatic carbocycles. The molecule has 0 amide bonds. The fourth-order valence-corrected chi connectivity index (χ4v) is 4.30. The molecule has 0 spiro atoms. The molecule has 0 bridgehead atoms. The van der Waals surface area contributed by atoms with Gasteiger partial charge >= 0.3 is 5.65 Å². The molecule has 1 aliphatic rings. The van der Waals surface area contributed by atoms with Crippen molar-refractivity contribution in [2.24, 2.45) is 6.98 Å². The van der Waals surface area contributed by atoms with Crippen LogP contribution in [0.2, 0.25) is 0 Å². The van der Waals surface area contributed by atoms with Crippen LogP contribution in [0.15, 0.2) is 36.9 Å². The van der Waals surface area contributed by atoms with Crippen LogP contribution in [0.4, 0.5) is 0 Å². The normalized spacial score (nSPS) is 15.9. The van der Waals surface area contributed by atoms with E-state index in [1.165, 1.54) is 4.57 Å². The molecule has 4 aromatic rings. The second-order valence-corrected chi connectivity index (χ2v) is 5.91. The largest absolute Gasteiger partial charge is 0.301 e. The van der Waals surface area contributed by atoms with E-state index in [2.05, 4.69) is 14.5 Å². The van der Waals surface area contributed by atoms with Crippen molar-refractivity contribution < 1.29 is 8.68 Å². The van der Waals surface area contributed by atoms with Crippen LogP contribution in [0.25, 0.3) is 31.8 Å². The first-order chi connectivity index (χ1) is 11.1. The summed E-state index contributed by atoms with van der Waals surface area (Å²) in [4.78, 5) is 8.29. The molecular weight excluding hydrogens is 268 g/mol. The lowest BCUT2D eigenvalue weighted by Gasteiger charge is -1.93. The minimum Gasteiger partial charge on any atom is -0.264 e. The Balaban J connectivity index is 1.97. The molecule has 96 valence electrons. The summed E-state index contributed by atoms with van der Waals surface area (Å²) in [6, 6.07) is 3.88. The van der Waals surface area contributed by atoms with Gasteiger partial charge in [0.1, 0.15) is 11.2 Å². The van der Waals surface area contributed by atoms with Crippen molar-refractivity contribution >= 4 is 32.6 Å². The second-order valence-electron chi connectivity index (χ2n) is 4.91. The first kappa shape index (κ1) is 8.11. The van der Waals surface area contributed by atoms with Gasteiger partial charge in [0.05, 0.1) is 22.7 Å². The van der Waals surface area contributed by atoms with Gasteiger partial charge in [0.15, 0.2) is 10.5 Å². The number of nitrogens with zero attached hydrogens (tertiary/aromatic N) is 4. The summed E-state index contributed by atoms with van der Waals surface area (Å²) < 4.78 is 28.4. The van der Waals surface area contributed by atoms with Crippen molar-refractivity contribution in [2.45, 2.75) is 6.54 Å². The first-order valence-electron chi connectivity index (χ1n) is 7.80. The number of aryl methyl sites for hydroxylation is 1. The Bertz CT molecular complexity index is 1090. The maximum Gasteiger partial charge on any atom is 0.301 e. The lowest BCUT2D eigenvalue weighted by atomic mass is 10.2. The van der Waals surface area contributed by atoms with Crippen LogP contribution >= 0.6 is 11.3 Å². The zero-order valence-corrected chi connectivity index (χ0v) is 11.2. The second kappa shape index (κ2) is 3.43. The summed E-state index contributed by atoms with van der Waals surface area (Å²) in [5.74, 6) is 0. The van der Waals surface area contributed by atoms with E-state index in [1.54, 1.807) is 29.9 Å². The number of thiazole rings is 1. The molecule has 5 rings (SSSR count). The topological polar surface area (TPSA) is 34.6 Å². The van der Waals surface area contributed by atoms with Gasteiger partial charge in [0.25, 0.3) is 0 Å². The van der Waals surface area contributed by atoms with E-state index in [9.17, 15) is 0 Å². The van der Waals surface area contributed by atoms with Crippen LogP contribution in [0, 0.1) is 0 Å². The van der Waals surface area contributed by atoms with E-state index in [4.69, 9.17) is 4.11 Å². The first-order valence-corrected chi connectivity index (χ1v) is 7.12. The summed E-state index contributed by atoms with van der Waals surface area (Å²) >= 11 is 1.63. The average molecular weight is 282 g/mol. The Morgan fingerprint density at radius 1 is 1.30 bits per heavy atom. The van der Waals surface area contributed by atoms with Crippen LogP contribution in [0.3, 0.4) is 0 Å². The van der Waals surface area contributed by atoms with Gasteiger partial charge in [-0.3, -0.25) is 9.97 Å². The fourth-order valence-electron chi connectivity index (χ4n) is 2.96. The predicted molar refractivity (Wildman–Crippen MR) is 78.6 cm³/mol. The third kappa shape index (κ3) is 1.10. The number of hydrogen-bond acceptors (Lipinski definition) is 3. The molecule has 5 heteroatoms. The molecule has 0 unspecified atom stereocenters. The highest BCUT2D eigenvalue weighted by Gasteiger charge is 2.32. The minimum absolute atomic E-state index is 0.651. The standard InChI is InChI=1S/C15H11N4S/c1-18-12-7-17-5-3-11(12)13-14(18)19-8-9-6-16-4-2-10(9)15(19)20-13/h2-7H,8H2,1H3/q+1/i1D3. The molecule has 0 saturated carbocycles. The lowest BCUT2D eigenvalue weighted by Crippen LogP contribution is -2.32. The number of aromatic nitrogens is 4. The van der Waals surface area contributed by atoms with Crippen LogP contribution in [0.1, 0.15) is 9.68 Å². The van der Waals surface area contributed by atoms with Crippen LogP contribution in [-0.2, 0) is 13.5 Å². The average Bonchev–Trinajstić information content (AvgIpc) is 3.13. The lowest BCUT2D eigenvalue weighted by molar-refractivity contribution is -0.644. The summed E-state index contributed by atoms with van der Waals surface area (Å²) in [5, 5.41) is 2.03. The zero-order chi connectivity index (χ0) is 15.8. The summed E-state index contributed by atoms with van der Waals surface area (Å²) in [6.07, 6.45) is 6.97. The van der Waals surface area contributed by atoms with Crippen LogP contribution in [-0.4, -0.2) is 14.5 Å². The highest BCUT2D eigenvalue weighted by Crippen LogP contribution is 2.38. The molecule has 0 atom stereocenters. The highest BCUT2D eigenvalue weighted by molar-refractivity contribution is 7.22. The van der Waals surface area contributed by atoms with E-state index in [-0.39, 0.29) is 0 Å². The van der Waals surface area contributed by atoms with Crippen LogP contribution in [0.5, 0.6) is 0 Å². The molecule has 0 fully saturated rings. The molecule has 5 heterocycles. The number of hydrogen-bond donors (Lipinski definition) is 0. The Morgan fingerprint density at radius 3 is 3.15 bits per heavy atom. The van der Waals surface area contributed by atoms with Gasteiger partial charge in [0, 0.05) is 29.7 Å². The van der Waals surface area contributed by atoms with E-state index in [0.717, 1.165) is 31.9 Å². The predicted octanol–water partition coefficient (Wildman–Crippen LogP) is 2.50. The fraction of sp³-hybridized carbons (Fsp3) is 0.133. The monoisotopic (exact) mass is 282 g/mol. The summed E-state index contributed by atoms with van der Waals surface area (Å²) in [6.45, 7) is -1.60. The Labute approximate surface area is 123 Å². The van der Waals surface area contributed by atoms with Gasteiger partial charge in [0.2, 0.25) is 0 Å². The molecule has 0 radical (unpaired) electrons. The Kier molecular flexibility index (Phi) is 1.39. The number of pyridine rings is 2. The van der Waals surface area contributed by atoms with Gasteiger partial charge in [-0.25, -0.2) is 9.13 Å². The molecule has 0 saturated heterocycles. The minimum atomic E-state index is -2.25. The molecule has 0 N–H and O–H groups in total. The SMILES string of the molecule is [2H]C([2H])([2H])n1c2cnccc2c2sc3[n+](c21)Cc1cnccc1-3. The molecule has 20 heavy (non-hydrogen) atoms. The van der Waals surface area contributed by atoms with Crippen molar-refractivity contribution in [1.82, 2.24) is 14.5 Å². The molecule has 4 aromatic heterocycles. The third-order valence-corrected chi connectivity index (χ3v) is 5.10. The van der Waals surface area contributed by atoms with E-state index < -0.39 is 6.98 Å². The smallest absolute Gasteiger partial charge is 0.264 e. The highest BCUT2D eigenvalue weighted by atomic mass is 32.1. The number of rotatable bonds is 0. The quantitative estimate of drug-likeness (QED) is 0.409.